The van der Waals surface area contributed by atoms with Gasteiger partial charge in [0.25, 0.3) is 5.91 Å². The van der Waals surface area contributed by atoms with Crippen molar-refractivity contribution in [2.45, 2.75) is 12.2 Å². The predicted octanol–water partition coefficient (Wildman–Crippen LogP) is 3.43. The lowest BCUT2D eigenvalue weighted by atomic mass is 10.0. The molecular weight excluding hydrogens is 423 g/mol. The highest BCUT2D eigenvalue weighted by Gasteiger charge is 2.35. The number of benzene rings is 1. The van der Waals surface area contributed by atoms with Gasteiger partial charge in [-0.3, -0.25) is 14.7 Å². The van der Waals surface area contributed by atoms with E-state index in [1.165, 1.54) is 12.0 Å². The van der Waals surface area contributed by atoms with E-state index in [-0.39, 0.29) is 18.7 Å². The standard InChI is InChI=1S/C20H19ClF3N3O3/c1-30-19(29)17(14-4-2-3-5-15(14)21)26-8-10-27(11-9-26)18(28)13-6-7-16(25-12-13)20(22,23)24/h2-7,12,17H,8-11H2,1H3. The summed E-state index contributed by atoms with van der Waals surface area (Å²) in [4.78, 5) is 31.7. The quantitative estimate of drug-likeness (QED) is 0.680. The van der Waals surface area contributed by atoms with Crippen LogP contribution in [0.25, 0.3) is 0 Å². The van der Waals surface area contributed by atoms with E-state index in [0.717, 1.165) is 18.3 Å². The van der Waals surface area contributed by atoms with Crippen LogP contribution < -0.4 is 0 Å². The Bertz CT molecular complexity index is 914. The Morgan fingerprint density at radius 3 is 2.30 bits per heavy atom. The lowest BCUT2D eigenvalue weighted by molar-refractivity contribution is -0.148. The second kappa shape index (κ2) is 9.01. The monoisotopic (exact) mass is 441 g/mol. The van der Waals surface area contributed by atoms with Crippen LogP contribution in [-0.2, 0) is 15.7 Å². The van der Waals surface area contributed by atoms with Crippen molar-refractivity contribution in [1.82, 2.24) is 14.8 Å². The molecule has 0 radical (unpaired) electrons. The van der Waals surface area contributed by atoms with E-state index >= 15 is 0 Å². The maximum absolute atomic E-state index is 12.6. The van der Waals surface area contributed by atoms with Crippen LogP contribution in [0.2, 0.25) is 5.02 Å². The topological polar surface area (TPSA) is 62.7 Å². The first-order valence-electron chi connectivity index (χ1n) is 9.11. The molecule has 160 valence electrons. The molecule has 3 rings (SSSR count). The average Bonchev–Trinajstić information content (AvgIpc) is 2.74. The molecular formula is C20H19ClF3N3O3. The highest BCUT2D eigenvalue weighted by Crippen LogP contribution is 2.30. The van der Waals surface area contributed by atoms with Crippen LogP contribution in [0.4, 0.5) is 13.2 Å². The lowest BCUT2D eigenvalue weighted by Crippen LogP contribution is -2.51. The van der Waals surface area contributed by atoms with Crippen molar-refractivity contribution >= 4 is 23.5 Å². The van der Waals surface area contributed by atoms with Gasteiger partial charge in [0, 0.05) is 37.4 Å². The second-order valence-corrected chi connectivity index (χ2v) is 7.11. The van der Waals surface area contributed by atoms with E-state index < -0.39 is 29.8 Å². The highest BCUT2D eigenvalue weighted by atomic mass is 35.5. The molecule has 1 saturated heterocycles. The molecule has 1 aromatic carbocycles. The van der Waals surface area contributed by atoms with Crippen molar-refractivity contribution in [2.75, 3.05) is 33.3 Å². The maximum Gasteiger partial charge on any atom is 0.433 e. The second-order valence-electron chi connectivity index (χ2n) is 6.71. The number of alkyl halides is 3. The van der Waals surface area contributed by atoms with Crippen LogP contribution >= 0.6 is 11.6 Å². The highest BCUT2D eigenvalue weighted by molar-refractivity contribution is 6.31. The Morgan fingerprint density at radius 1 is 1.10 bits per heavy atom. The number of aromatic nitrogens is 1. The molecule has 2 heterocycles. The van der Waals surface area contributed by atoms with Crippen molar-refractivity contribution in [1.29, 1.82) is 0 Å². The molecule has 0 N–H and O–H groups in total. The van der Waals surface area contributed by atoms with Gasteiger partial charge in [0.1, 0.15) is 11.7 Å². The zero-order chi connectivity index (χ0) is 21.9. The number of carbonyl (C=O) groups is 2. The number of hydrogen-bond acceptors (Lipinski definition) is 5. The average molecular weight is 442 g/mol. The zero-order valence-corrected chi connectivity index (χ0v) is 16.8. The molecule has 2 aromatic rings. The van der Waals surface area contributed by atoms with E-state index in [1.807, 2.05) is 4.90 Å². The van der Waals surface area contributed by atoms with Crippen LogP contribution in [0.15, 0.2) is 42.6 Å². The minimum atomic E-state index is -4.56. The molecule has 1 aromatic heterocycles. The first-order valence-corrected chi connectivity index (χ1v) is 9.49. The summed E-state index contributed by atoms with van der Waals surface area (Å²) in [6.07, 6.45) is -3.63. The Morgan fingerprint density at radius 2 is 1.77 bits per heavy atom. The van der Waals surface area contributed by atoms with Gasteiger partial charge in [-0.15, -0.1) is 0 Å². The van der Waals surface area contributed by atoms with E-state index in [4.69, 9.17) is 16.3 Å². The van der Waals surface area contributed by atoms with E-state index in [1.54, 1.807) is 24.3 Å². The van der Waals surface area contributed by atoms with Gasteiger partial charge in [-0.1, -0.05) is 29.8 Å². The molecule has 0 bridgehead atoms. The van der Waals surface area contributed by atoms with Crippen LogP contribution in [0.1, 0.15) is 27.7 Å². The van der Waals surface area contributed by atoms with Crippen molar-refractivity contribution < 1.29 is 27.5 Å². The fourth-order valence-electron chi connectivity index (χ4n) is 3.34. The number of methoxy groups -OCH3 is 1. The fourth-order valence-corrected chi connectivity index (χ4v) is 3.57. The van der Waals surface area contributed by atoms with Gasteiger partial charge in [0.05, 0.1) is 12.7 Å². The summed E-state index contributed by atoms with van der Waals surface area (Å²) in [6.45, 7) is 1.31. The third-order valence-electron chi connectivity index (χ3n) is 4.89. The Hall–Kier alpha value is -2.65. The number of hydrogen-bond donors (Lipinski definition) is 0. The molecule has 0 aliphatic carbocycles. The SMILES string of the molecule is COC(=O)C(c1ccccc1Cl)N1CCN(C(=O)c2ccc(C(F)(F)F)nc2)CC1. The van der Waals surface area contributed by atoms with Crippen molar-refractivity contribution in [3.63, 3.8) is 0 Å². The zero-order valence-electron chi connectivity index (χ0n) is 16.0. The molecule has 0 spiro atoms. The maximum atomic E-state index is 12.6. The number of halogens is 4. The van der Waals surface area contributed by atoms with Gasteiger partial charge in [-0.2, -0.15) is 13.2 Å². The molecule has 10 heteroatoms. The molecule has 1 aliphatic rings. The molecule has 1 fully saturated rings. The number of pyridine rings is 1. The number of ether oxygens (including phenoxy) is 1. The van der Waals surface area contributed by atoms with Crippen LogP contribution in [0.5, 0.6) is 0 Å². The van der Waals surface area contributed by atoms with E-state index in [9.17, 15) is 22.8 Å². The Balaban J connectivity index is 1.70. The molecule has 6 nitrogen and oxygen atoms in total. The summed E-state index contributed by atoms with van der Waals surface area (Å²) in [5.41, 5.74) is -0.366. The fraction of sp³-hybridized carbons (Fsp3) is 0.350. The van der Waals surface area contributed by atoms with Gasteiger partial charge in [-0.05, 0) is 23.8 Å². The molecule has 1 unspecified atom stereocenters. The minimum Gasteiger partial charge on any atom is -0.468 e. The number of amides is 1. The number of nitrogens with zero attached hydrogens (tertiary/aromatic N) is 3. The van der Waals surface area contributed by atoms with Gasteiger partial charge >= 0.3 is 12.1 Å². The third-order valence-corrected chi connectivity index (χ3v) is 5.24. The van der Waals surface area contributed by atoms with Gasteiger partial charge in [0.2, 0.25) is 0 Å². The lowest BCUT2D eigenvalue weighted by Gasteiger charge is -2.38. The molecule has 0 saturated carbocycles. The molecule has 1 amide bonds. The summed E-state index contributed by atoms with van der Waals surface area (Å²) in [5, 5.41) is 0.433. The minimum absolute atomic E-state index is 0.0760. The summed E-state index contributed by atoms with van der Waals surface area (Å²) < 4.78 is 42.9. The summed E-state index contributed by atoms with van der Waals surface area (Å²) in [5.74, 6) is -0.877. The summed E-state index contributed by atoms with van der Waals surface area (Å²) in [6, 6.07) is 8.15. The van der Waals surface area contributed by atoms with Crippen molar-refractivity contribution in [3.8, 4) is 0 Å². The van der Waals surface area contributed by atoms with Crippen molar-refractivity contribution in [3.05, 3.63) is 64.4 Å². The van der Waals surface area contributed by atoms with Gasteiger partial charge < -0.3 is 9.64 Å². The molecule has 30 heavy (non-hydrogen) atoms. The number of rotatable bonds is 4. The summed E-state index contributed by atoms with van der Waals surface area (Å²) >= 11 is 6.26. The first-order chi connectivity index (χ1) is 14.2. The van der Waals surface area contributed by atoms with Crippen LogP contribution in [0, 0.1) is 0 Å². The predicted molar refractivity (Wildman–Crippen MR) is 103 cm³/mol. The van der Waals surface area contributed by atoms with E-state index in [2.05, 4.69) is 4.98 Å². The number of piperazine rings is 1. The Kier molecular flexibility index (Phi) is 6.62. The number of esters is 1. The molecule has 1 aliphatic heterocycles. The summed E-state index contributed by atoms with van der Waals surface area (Å²) in [7, 11) is 1.30. The van der Waals surface area contributed by atoms with Crippen LogP contribution in [0.3, 0.4) is 0 Å². The van der Waals surface area contributed by atoms with Crippen LogP contribution in [-0.4, -0.2) is 59.9 Å². The molecule has 1 atom stereocenters. The Labute approximate surface area is 176 Å². The third kappa shape index (κ3) is 4.73. The van der Waals surface area contributed by atoms with Crippen molar-refractivity contribution in [2.24, 2.45) is 0 Å². The van der Waals surface area contributed by atoms with Gasteiger partial charge in [0.15, 0.2) is 0 Å². The van der Waals surface area contributed by atoms with E-state index in [0.29, 0.717) is 23.7 Å². The first kappa shape index (κ1) is 22.0. The smallest absolute Gasteiger partial charge is 0.433 e. The largest absolute Gasteiger partial charge is 0.468 e. The number of carbonyl (C=O) groups excluding carboxylic acids is 2. The van der Waals surface area contributed by atoms with Gasteiger partial charge in [-0.25, -0.2) is 4.79 Å². The normalized spacial score (nSPS) is 16.2.